The molecule has 0 aliphatic carbocycles. The maximum atomic E-state index is 11.2. The molecule has 0 aromatic heterocycles. The first-order chi connectivity index (χ1) is 9.47. The lowest BCUT2D eigenvalue weighted by Gasteiger charge is -2.10. The van der Waals surface area contributed by atoms with Crippen molar-refractivity contribution in [3.63, 3.8) is 0 Å². The molecule has 0 spiro atoms. The van der Waals surface area contributed by atoms with Gasteiger partial charge in [-0.15, -0.1) is 0 Å². The van der Waals surface area contributed by atoms with Gasteiger partial charge in [0, 0.05) is 17.9 Å². The van der Waals surface area contributed by atoms with Crippen molar-refractivity contribution in [3.8, 4) is 0 Å². The van der Waals surface area contributed by atoms with Crippen molar-refractivity contribution in [1.29, 1.82) is 0 Å². The SMILES string of the molecule is CSC(C)CCNCc1cccc([N+](=O)[O-])c1C(=O)O. The molecule has 6 nitrogen and oxygen atoms in total. The number of benzene rings is 1. The van der Waals surface area contributed by atoms with E-state index in [1.165, 1.54) is 12.1 Å². The van der Waals surface area contributed by atoms with Crippen LogP contribution in [0.3, 0.4) is 0 Å². The van der Waals surface area contributed by atoms with Crippen LogP contribution in [0, 0.1) is 10.1 Å². The summed E-state index contributed by atoms with van der Waals surface area (Å²) in [7, 11) is 0. The van der Waals surface area contributed by atoms with Crippen LogP contribution in [-0.4, -0.2) is 34.0 Å². The van der Waals surface area contributed by atoms with Gasteiger partial charge in [-0.05, 0) is 24.8 Å². The Labute approximate surface area is 121 Å². The molecule has 1 aromatic carbocycles. The highest BCUT2D eigenvalue weighted by Crippen LogP contribution is 2.22. The number of nitrogens with one attached hydrogen (secondary N) is 1. The van der Waals surface area contributed by atoms with Crippen LogP contribution in [0.1, 0.15) is 29.3 Å². The first kappa shape index (κ1) is 16.5. The number of carboxylic acids is 1. The molecule has 110 valence electrons. The van der Waals surface area contributed by atoms with Gasteiger partial charge in [-0.1, -0.05) is 19.1 Å². The molecular formula is C13H18N2O4S. The molecule has 0 heterocycles. The third kappa shape index (κ3) is 4.50. The summed E-state index contributed by atoms with van der Waals surface area (Å²) >= 11 is 1.76. The van der Waals surface area contributed by atoms with Crippen LogP contribution in [-0.2, 0) is 6.54 Å². The van der Waals surface area contributed by atoms with Crippen molar-refractivity contribution >= 4 is 23.4 Å². The van der Waals surface area contributed by atoms with Crippen LogP contribution in [0.5, 0.6) is 0 Å². The van der Waals surface area contributed by atoms with E-state index in [2.05, 4.69) is 12.2 Å². The Hall–Kier alpha value is -1.60. The van der Waals surface area contributed by atoms with E-state index in [4.69, 9.17) is 5.11 Å². The predicted octanol–water partition coefficient (Wildman–Crippen LogP) is 2.52. The van der Waals surface area contributed by atoms with Gasteiger partial charge in [0.15, 0.2) is 0 Å². The molecule has 1 atom stereocenters. The maximum absolute atomic E-state index is 11.2. The third-order valence-electron chi connectivity index (χ3n) is 2.98. The normalized spacial score (nSPS) is 12.1. The lowest BCUT2D eigenvalue weighted by atomic mass is 10.1. The second-order valence-corrected chi connectivity index (χ2v) is 5.66. The fourth-order valence-electron chi connectivity index (χ4n) is 1.78. The summed E-state index contributed by atoms with van der Waals surface area (Å²) in [5.74, 6) is -1.27. The molecule has 0 saturated carbocycles. The van der Waals surface area contributed by atoms with Crippen molar-refractivity contribution in [2.45, 2.75) is 25.1 Å². The van der Waals surface area contributed by atoms with Gasteiger partial charge in [0.2, 0.25) is 0 Å². The molecule has 7 heteroatoms. The first-order valence-electron chi connectivity index (χ1n) is 6.20. The molecule has 2 N–H and O–H groups in total. The summed E-state index contributed by atoms with van der Waals surface area (Å²) in [6.45, 7) is 3.16. The number of aromatic carboxylic acids is 1. The number of thioether (sulfide) groups is 1. The Morgan fingerprint density at radius 3 is 2.80 bits per heavy atom. The van der Waals surface area contributed by atoms with Crippen LogP contribution in [0.15, 0.2) is 18.2 Å². The van der Waals surface area contributed by atoms with Crippen LogP contribution in [0.4, 0.5) is 5.69 Å². The molecule has 1 rings (SSSR count). The number of hydrogen-bond donors (Lipinski definition) is 2. The summed E-state index contributed by atoms with van der Waals surface area (Å²) in [6, 6.07) is 4.32. The van der Waals surface area contributed by atoms with Crippen LogP contribution in [0.2, 0.25) is 0 Å². The number of nitro groups is 1. The average Bonchev–Trinajstić information content (AvgIpc) is 2.42. The largest absolute Gasteiger partial charge is 0.477 e. The second-order valence-electron chi connectivity index (χ2n) is 4.39. The van der Waals surface area contributed by atoms with E-state index in [0.717, 1.165) is 13.0 Å². The van der Waals surface area contributed by atoms with E-state index in [0.29, 0.717) is 17.4 Å². The lowest BCUT2D eigenvalue weighted by molar-refractivity contribution is -0.385. The standard InChI is InChI=1S/C13H18N2O4S/c1-9(20-2)6-7-14-8-10-4-3-5-11(15(18)19)12(10)13(16)17/h3-5,9,14H,6-8H2,1-2H3,(H,16,17). The number of nitrogens with zero attached hydrogens (tertiary/aromatic N) is 1. The molecule has 1 aromatic rings. The van der Waals surface area contributed by atoms with Crippen molar-refractivity contribution in [3.05, 3.63) is 39.4 Å². The fourth-order valence-corrected chi connectivity index (χ4v) is 2.13. The molecule has 0 radical (unpaired) electrons. The molecule has 1 unspecified atom stereocenters. The zero-order valence-electron chi connectivity index (χ0n) is 11.5. The molecule has 0 saturated heterocycles. The minimum Gasteiger partial charge on any atom is -0.477 e. The summed E-state index contributed by atoms with van der Waals surface area (Å²) in [6.07, 6.45) is 2.99. The quantitative estimate of drug-likeness (QED) is 0.435. The first-order valence-corrected chi connectivity index (χ1v) is 7.49. The fraction of sp³-hybridized carbons (Fsp3) is 0.462. The molecule has 0 aliphatic heterocycles. The van der Waals surface area contributed by atoms with E-state index in [9.17, 15) is 14.9 Å². The van der Waals surface area contributed by atoms with Gasteiger partial charge in [-0.25, -0.2) is 4.79 Å². The highest BCUT2D eigenvalue weighted by atomic mass is 32.2. The molecule has 0 aliphatic rings. The maximum Gasteiger partial charge on any atom is 0.343 e. The lowest BCUT2D eigenvalue weighted by Crippen LogP contribution is -2.19. The summed E-state index contributed by atoms with van der Waals surface area (Å²) in [4.78, 5) is 21.4. The van der Waals surface area contributed by atoms with Crippen LogP contribution in [0.25, 0.3) is 0 Å². The van der Waals surface area contributed by atoms with Crippen molar-refractivity contribution < 1.29 is 14.8 Å². The molecule has 0 fully saturated rings. The summed E-state index contributed by atoms with van der Waals surface area (Å²) in [5, 5.41) is 23.6. The Kier molecular flexibility index (Phi) is 6.47. The molecule has 0 amide bonds. The Morgan fingerprint density at radius 2 is 2.25 bits per heavy atom. The van der Waals surface area contributed by atoms with Gasteiger partial charge < -0.3 is 10.4 Å². The topological polar surface area (TPSA) is 92.5 Å². The smallest absolute Gasteiger partial charge is 0.343 e. The molecule has 0 bridgehead atoms. The second kappa shape index (κ2) is 7.86. The van der Waals surface area contributed by atoms with Gasteiger partial charge in [0.1, 0.15) is 5.56 Å². The Morgan fingerprint density at radius 1 is 1.55 bits per heavy atom. The van der Waals surface area contributed by atoms with Gasteiger partial charge in [-0.3, -0.25) is 10.1 Å². The average molecular weight is 298 g/mol. The van der Waals surface area contributed by atoms with Gasteiger partial charge >= 0.3 is 5.97 Å². The number of rotatable bonds is 8. The number of nitro benzene ring substituents is 1. The van der Waals surface area contributed by atoms with Crippen molar-refractivity contribution in [1.82, 2.24) is 5.32 Å². The van der Waals surface area contributed by atoms with E-state index < -0.39 is 10.9 Å². The van der Waals surface area contributed by atoms with E-state index >= 15 is 0 Å². The van der Waals surface area contributed by atoms with E-state index in [1.807, 2.05) is 6.26 Å². The Balaban J connectivity index is 2.77. The van der Waals surface area contributed by atoms with Gasteiger partial charge in [0.05, 0.1) is 4.92 Å². The third-order valence-corrected chi connectivity index (χ3v) is 4.03. The minimum atomic E-state index is -1.27. The zero-order valence-corrected chi connectivity index (χ0v) is 12.3. The number of carboxylic acid groups (broad SMARTS) is 1. The van der Waals surface area contributed by atoms with E-state index in [1.54, 1.807) is 17.8 Å². The number of hydrogen-bond acceptors (Lipinski definition) is 5. The monoisotopic (exact) mass is 298 g/mol. The van der Waals surface area contributed by atoms with E-state index in [-0.39, 0.29) is 11.3 Å². The van der Waals surface area contributed by atoms with Gasteiger partial charge in [-0.2, -0.15) is 11.8 Å². The predicted molar refractivity (Wildman–Crippen MR) is 79.4 cm³/mol. The number of carbonyl (C=O) groups is 1. The van der Waals surface area contributed by atoms with Crippen molar-refractivity contribution in [2.24, 2.45) is 0 Å². The minimum absolute atomic E-state index is 0.233. The summed E-state index contributed by atoms with van der Waals surface area (Å²) in [5.41, 5.74) is -0.166. The summed E-state index contributed by atoms with van der Waals surface area (Å²) < 4.78 is 0. The molecule has 20 heavy (non-hydrogen) atoms. The van der Waals surface area contributed by atoms with Crippen LogP contribution < -0.4 is 5.32 Å². The Bertz CT molecular complexity index is 493. The van der Waals surface area contributed by atoms with Crippen LogP contribution >= 0.6 is 11.8 Å². The van der Waals surface area contributed by atoms with Gasteiger partial charge in [0.25, 0.3) is 5.69 Å². The highest BCUT2D eigenvalue weighted by Gasteiger charge is 2.22. The molecular weight excluding hydrogens is 280 g/mol. The highest BCUT2D eigenvalue weighted by molar-refractivity contribution is 7.99. The zero-order chi connectivity index (χ0) is 15.1. The van der Waals surface area contributed by atoms with Crippen molar-refractivity contribution in [2.75, 3.05) is 12.8 Å².